The molecule has 1 aliphatic heterocycles. The molecule has 1 N–H and O–H groups in total. The van der Waals surface area contributed by atoms with Gasteiger partial charge in [-0.1, -0.05) is 23.7 Å². The van der Waals surface area contributed by atoms with Crippen LogP contribution in [0.15, 0.2) is 48.5 Å². The molecule has 0 spiro atoms. The van der Waals surface area contributed by atoms with Gasteiger partial charge in [0, 0.05) is 61.8 Å². The van der Waals surface area contributed by atoms with Gasteiger partial charge in [0.15, 0.2) is 5.78 Å². The molecule has 0 aliphatic carbocycles. The fourth-order valence-electron chi connectivity index (χ4n) is 3.68. The van der Waals surface area contributed by atoms with Crippen molar-refractivity contribution in [1.82, 2.24) is 10.2 Å². The molecule has 5 nitrogen and oxygen atoms in total. The highest BCUT2D eigenvalue weighted by Gasteiger charge is 2.17. The first-order chi connectivity index (χ1) is 14.5. The Morgan fingerprint density at radius 1 is 1.00 bits per heavy atom. The summed E-state index contributed by atoms with van der Waals surface area (Å²) in [5.41, 5.74) is 3.19. The summed E-state index contributed by atoms with van der Waals surface area (Å²) in [7, 11) is 0. The normalized spacial score (nSPS) is 14.5. The van der Waals surface area contributed by atoms with Crippen LogP contribution >= 0.6 is 11.6 Å². The third-order valence-corrected chi connectivity index (χ3v) is 5.71. The number of anilines is 1. The maximum atomic E-state index is 12.1. The van der Waals surface area contributed by atoms with Crippen LogP contribution in [0.3, 0.4) is 0 Å². The number of carbonyl (C=O) groups is 2. The average Bonchev–Trinajstić information content (AvgIpc) is 2.76. The number of nitrogens with zero attached hydrogens (tertiary/aromatic N) is 2. The van der Waals surface area contributed by atoms with E-state index in [0.717, 1.165) is 39.1 Å². The molecule has 0 atom stereocenters. The number of hydrogen-bond donors (Lipinski definition) is 1. The molecule has 1 amide bonds. The minimum atomic E-state index is -0.0680. The molecule has 0 unspecified atom stereocenters. The lowest BCUT2D eigenvalue weighted by Gasteiger charge is -2.36. The lowest BCUT2D eigenvalue weighted by atomic mass is 10.1. The molecule has 2 aromatic rings. The number of nitrogens with one attached hydrogen (secondary N) is 1. The lowest BCUT2D eigenvalue weighted by Crippen LogP contribution is -2.47. The fraction of sp³-hybridized carbons (Fsp3) is 0.417. The van der Waals surface area contributed by atoms with Gasteiger partial charge in [0.1, 0.15) is 0 Å². The van der Waals surface area contributed by atoms with Crippen LogP contribution in [0.2, 0.25) is 5.02 Å². The first-order valence-corrected chi connectivity index (χ1v) is 11.0. The maximum Gasteiger partial charge on any atom is 0.220 e. The van der Waals surface area contributed by atoms with Gasteiger partial charge in [0.25, 0.3) is 0 Å². The second kappa shape index (κ2) is 11.1. The highest BCUT2D eigenvalue weighted by Crippen LogP contribution is 2.17. The van der Waals surface area contributed by atoms with Crippen molar-refractivity contribution in [2.75, 3.05) is 44.2 Å². The molecule has 1 heterocycles. The summed E-state index contributed by atoms with van der Waals surface area (Å²) in [6, 6.07) is 15.4. The highest BCUT2D eigenvalue weighted by molar-refractivity contribution is 6.30. The third kappa shape index (κ3) is 6.85. The van der Waals surface area contributed by atoms with Gasteiger partial charge in [-0.05, 0) is 61.9 Å². The molecule has 2 aromatic carbocycles. The Morgan fingerprint density at radius 3 is 2.43 bits per heavy atom. The minimum absolute atomic E-state index is 0.0340. The summed E-state index contributed by atoms with van der Waals surface area (Å²) in [5.74, 6) is -0.102. The third-order valence-electron chi connectivity index (χ3n) is 5.46. The van der Waals surface area contributed by atoms with Crippen LogP contribution in [0.1, 0.15) is 35.2 Å². The van der Waals surface area contributed by atoms with Gasteiger partial charge in [0.2, 0.25) is 5.91 Å². The molecule has 30 heavy (non-hydrogen) atoms. The van der Waals surface area contributed by atoms with E-state index in [1.54, 1.807) is 24.3 Å². The van der Waals surface area contributed by atoms with Crippen molar-refractivity contribution in [3.8, 4) is 0 Å². The van der Waals surface area contributed by atoms with E-state index in [-0.39, 0.29) is 24.5 Å². The van der Waals surface area contributed by atoms with Crippen molar-refractivity contribution < 1.29 is 9.59 Å². The van der Waals surface area contributed by atoms with E-state index in [2.05, 4.69) is 46.3 Å². The maximum absolute atomic E-state index is 12.1. The van der Waals surface area contributed by atoms with Crippen LogP contribution in [0, 0.1) is 6.92 Å². The number of aryl methyl sites for hydroxylation is 1. The fourth-order valence-corrected chi connectivity index (χ4v) is 3.81. The number of piperazine rings is 1. The molecule has 6 heteroatoms. The summed E-state index contributed by atoms with van der Waals surface area (Å²) in [5, 5.41) is 3.53. The zero-order chi connectivity index (χ0) is 21.3. The Bertz CT molecular complexity index is 846. The van der Waals surface area contributed by atoms with Crippen molar-refractivity contribution in [2.24, 2.45) is 0 Å². The summed E-state index contributed by atoms with van der Waals surface area (Å²) >= 11 is 5.83. The molecule has 1 fully saturated rings. The van der Waals surface area contributed by atoms with E-state index in [9.17, 15) is 9.59 Å². The predicted octanol–water partition coefficient (Wildman–Crippen LogP) is 3.94. The van der Waals surface area contributed by atoms with E-state index in [1.165, 1.54) is 11.3 Å². The molecular formula is C24H30ClN3O2. The first-order valence-electron chi connectivity index (χ1n) is 10.6. The van der Waals surface area contributed by atoms with E-state index < -0.39 is 0 Å². The van der Waals surface area contributed by atoms with E-state index in [4.69, 9.17) is 11.6 Å². The van der Waals surface area contributed by atoms with Crippen LogP contribution in [-0.4, -0.2) is 55.9 Å². The van der Waals surface area contributed by atoms with Crippen molar-refractivity contribution in [1.29, 1.82) is 0 Å². The summed E-state index contributed by atoms with van der Waals surface area (Å²) in [4.78, 5) is 29.0. The number of amides is 1. The molecule has 160 valence electrons. The van der Waals surface area contributed by atoms with Gasteiger partial charge in [-0.25, -0.2) is 0 Å². The van der Waals surface area contributed by atoms with Gasteiger partial charge in [-0.15, -0.1) is 0 Å². The van der Waals surface area contributed by atoms with Crippen LogP contribution in [0.5, 0.6) is 0 Å². The number of benzene rings is 2. The van der Waals surface area contributed by atoms with Crippen molar-refractivity contribution >= 4 is 29.0 Å². The monoisotopic (exact) mass is 427 g/mol. The number of halogens is 1. The number of hydrogen-bond acceptors (Lipinski definition) is 4. The molecule has 0 radical (unpaired) electrons. The van der Waals surface area contributed by atoms with Gasteiger partial charge in [-0.3, -0.25) is 14.5 Å². The summed E-state index contributed by atoms with van der Waals surface area (Å²) < 4.78 is 0. The van der Waals surface area contributed by atoms with Crippen LogP contribution in [0.25, 0.3) is 0 Å². The van der Waals surface area contributed by atoms with Gasteiger partial charge < -0.3 is 10.2 Å². The minimum Gasteiger partial charge on any atom is -0.369 e. The molecule has 0 bridgehead atoms. The van der Waals surface area contributed by atoms with Crippen molar-refractivity contribution in [3.63, 3.8) is 0 Å². The Hall–Kier alpha value is -2.37. The van der Waals surface area contributed by atoms with Gasteiger partial charge >= 0.3 is 0 Å². The topological polar surface area (TPSA) is 52.6 Å². The average molecular weight is 428 g/mol. The Morgan fingerprint density at radius 2 is 1.73 bits per heavy atom. The predicted molar refractivity (Wildman–Crippen MR) is 122 cm³/mol. The van der Waals surface area contributed by atoms with Gasteiger partial charge in [0.05, 0.1) is 0 Å². The summed E-state index contributed by atoms with van der Waals surface area (Å²) in [6.07, 6.45) is 1.35. The zero-order valence-electron chi connectivity index (χ0n) is 17.6. The van der Waals surface area contributed by atoms with Crippen LogP contribution < -0.4 is 10.2 Å². The number of ketones is 1. The van der Waals surface area contributed by atoms with Gasteiger partial charge in [-0.2, -0.15) is 0 Å². The molecule has 0 aromatic heterocycles. The second-order valence-corrected chi connectivity index (χ2v) is 8.24. The second-order valence-electron chi connectivity index (χ2n) is 7.80. The molecule has 3 rings (SSSR count). The quantitative estimate of drug-likeness (QED) is 0.486. The van der Waals surface area contributed by atoms with E-state index in [1.807, 2.05) is 0 Å². The number of rotatable bonds is 9. The Balaban J connectivity index is 1.27. The van der Waals surface area contributed by atoms with Crippen molar-refractivity contribution in [3.05, 3.63) is 64.7 Å². The van der Waals surface area contributed by atoms with Crippen LogP contribution in [-0.2, 0) is 4.79 Å². The van der Waals surface area contributed by atoms with Crippen LogP contribution in [0.4, 0.5) is 5.69 Å². The lowest BCUT2D eigenvalue weighted by molar-refractivity contribution is -0.121. The largest absolute Gasteiger partial charge is 0.369 e. The first kappa shape index (κ1) is 22.3. The zero-order valence-corrected chi connectivity index (χ0v) is 18.3. The van der Waals surface area contributed by atoms with E-state index in [0.29, 0.717) is 17.1 Å². The Labute approximate surface area is 184 Å². The Kier molecular flexibility index (Phi) is 8.29. The number of carbonyl (C=O) groups excluding carboxylic acids is 2. The standard InChI is InChI=1S/C24H30ClN3O2/c1-19-4-2-5-22(18-19)28-16-14-27(15-17-28)13-3-12-26-24(30)11-10-23(29)20-6-8-21(25)9-7-20/h2,4-9,18H,3,10-17H2,1H3,(H,26,30). The highest BCUT2D eigenvalue weighted by atomic mass is 35.5. The smallest absolute Gasteiger partial charge is 0.220 e. The molecule has 0 saturated carbocycles. The van der Waals surface area contributed by atoms with Crippen molar-refractivity contribution in [2.45, 2.75) is 26.2 Å². The van der Waals surface area contributed by atoms with E-state index >= 15 is 0 Å². The number of Topliss-reactive ketones (excluding diaryl/α,β-unsaturated/α-hetero) is 1. The summed E-state index contributed by atoms with van der Waals surface area (Å²) in [6.45, 7) is 7.89. The SMILES string of the molecule is Cc1cccc(N2CCN(CCCNC(=O)CCC(=O)c3ccc(Cl)cc3)CC2)c1. The molecule has 1 aliphatic rings. The molecular weight excluding hydrogens is 398 g/mol. The molecule has 1 saturated heterocycles.